The first-order chi connectivity index (χ1) is 9.65. The molecule has 0 saturated carbocycles. The zero-order chi connectivity index (χ0) is 14.8. The second kappa shape index (κ2) is 10.1. The Morgan fingerprint density at radius 1 is 0.900 bits per heavy atom. The number of halogens is 3. The predicted octanol–water partition coefficient (Wildman–Crippen LogP) is 6.28. The van der Waals surface area contributed by atoms with Crippen molar-refractivity contribution in [3.8, 4) is 0 Å². The maximum atomic E-state index is 13.5. The molecule has 0 amide bonds. The van der Waals surface area contributed by atoms with E-state index in [1.807, 2.05) is 0 Å². The molecule has 0 heterocycles. The van der Waals surface area contributed by atoms with Crippen molar-refractivity contribution in [3.63, 3.8) is 0 Å². The van der Waals surface area contributed by atoms with Gasteiger partial charge >= 0.3 is 0 Å². The van der Waals surface area contributed by atoms with Gasteiger partial charge in [0.25, 0.3) is 0 Å². The number of benzene rings is 1. The van der Waals surface area contributed by atoms with Gasteiger partial charge in [0.2, 0.25) is 0 Å². The minimum atomic E-state index is -0.569. The van der Waals surface area contributed by atoms with Gasteiger partial charge < -0.3 is 5.32 Å². The maximum Gasteiger partial charge on any atom is 0.149 e. The second-order valence-electron chi connectivity index (χ2n) is 5.15. The fourth-order valence-electron chi connectivity index (χ4n) is 2.14. The van der Waals surface area contributed by atoms with Crippen molar-refractivity contribution in [2.45, 2.75) is 58.3 Å². The van der Waals surface area contributed by atoms with E-state index in [1.54, 1.807) is 0 Å². The van der Waals surface area contributed by atoms with Crippen LogP contribution in [0.25, 0.3) is 0 Å². The highest BCUT2D eigenvalue weighted by atomic mass is 79.9. The van der Waals surface area contributed by atoms with Crippen LogP contribution in [0.3, 0.4) is 0 Å². The fourth-order valence-corrected chi connectivity index (χ4v) is 2.48. The number of hydrogen-bond donors (Lipinski definition) is 1. The van der Waals surface area contributed by atoms with E-state index < -0.39 is 11.6 Å². The molecule has 1 N–H and O–H groups in total. The summed E-state index contributed by atoms with van der Waals surface area (Å²) < 4.78 is 26.8. The van der Waals surface area contributed by atoms with Gasteiger partial charge in [0.15, 0.2) is 0 Å². The van der Waals surface area contributed by atoms with Gasteiger partial charge in [-0.05, 0) is 28.4 Å². The van der Waals surface area contributed by atoms with Gasteiger partial charge in [0, 0.05) is 12.6 Å². The van der Waals surface area contributed by atoms with Crippen molar-refractivity contribution in [3.05, 3.63) is 28.2 Å². The zero-order valence-electron chi connectivity index (χ0n) is 12.2. The lowest BCUT2D eigenvalue weighted by atomic mass is 10.1. The first kappa shape index (κ1) is 17.4. The van der Waals surface area contributed by atoms with Crippen LogP contribution < -0.4 is 5.32 Å². The minimum absolute atomic E-state index is 0.289. The third-order valence-corrected chi connectivity index (χ3v) is 3.96. The van der Waals surface area contributed by atoms with Crippen LogP contribution in [0.4, 0.5) is 14.5 Å². The van der Waals surface area contributed by atoms with Gasteiger partial charge in [-0.15, -0.1) is 0 Å². The molecule has 0 bridgehead atoms. The molecule has 1 aromatic rings. The summed E-state index contributed by atoms with van der Waals surface area (Å²) in [6.07, 6.45) is 9.97. The molecule has 0 aliphatic heterocycles. The van der Waals surface area contributed by atoms with E-state index in [0.29, 0.717) is 5.69 Å². The predicted molar refractivity (Wildman–Crippen MR) is 85.2 cm³/mol. The number of unbranched alkanes of at least 4 members (excludes halogenated alkanes) is 7. The van der Waals surface area contributed by atoms with Crippen LogP contribution in [0.15, 0.2) is 16.6 Å². The lowest BCUT2D eigenvalue weighted by Gasteiger charge is -2.08. The molecule has 20 heavy (non-hydrogen) atoms. The van der Waals surface area contributed by atoms with E-state index in [9.17, 15) is 8.78 Å². The van der Waals surface area contributed by atoms with Gasteiger partial charge in [-0.2, -0.15) is 0 Å². The first-order valence-electron chi connectivity index (χ1n) is 7.53. The third kappa shape index (κ3) is 6.69. The molecule has 0 saturated heterocycles. The van der Waals surface area contributed by atoms with Crippen molar-refractivity contribution in [2.24, 2.45) is 0 Å². The molecule has 0 fully saturated rings. The van der Waals surface area contributed by atoms with Crippen molar-refractivity contribution in [2.75, 3.05) is 11.9 Å². The summed E-state index contributed by atoms with van der Waals surface area (Å²) in [5.41, 5.74) is 0.362. The Balaban J connectivity index is 2.11. The summed E-state index contributed by atoms with van der Waals surface area (Å²) in [6, 6.07) is 2.36. The average Bonchev–Trinajstić information content (AvgIpc) is 2.42. The largest absolute Gasteiger partial charge is 0.383 e. The molecular formula is C16H24BrF2N. The molecule has 0 aliphatic rings. The average molecular weight is 348 g/mol. The Labute approximate surface area is 129 Å². The van der Waals surface area contributed by atoms with Crippen molar-refractivity contribution in [1.82, 2.24) is 0 Å². The SMILES string of the molecule is CCCCCCCCCCNc1cc(Br)c(F)cc1F. The lowest BCUT2D eigenvalue weighted by Crippen LogP contribution is -2.04. The van der Waals surface area contributed by atoms with Crippen molar-refractivity contribution in [1.29, 1.82) is 0 Å². The quantitative estimate of drug-likeness (QED) is 0.388. The van der Waals surface area contributed by atoms with E-state index in [-0.39, 0.29) is 4.47 Å². The molecule has 4 heteroatoms. The number of rotatable bonds is 10. The minimum Gasteiger partial charge on any atom is -0.383 e. The molecule has 1 aromatic carbocycles. The van der Waals surface area contributed by atoms with Crippen LogP contribution in [-0.2, 0) is 0 Å². The summed E-state index contributed by atoms with van der Waals surface area (Å²) in [6.45, 7) is 2.95. The molecular weight excluding hydrogens is 324 g/mol. The third-order valence-electron chi connectivity index (χ3n) is 3.36. The van der Waals surface area contributed by atoms with E-state index >= 15 is 0 Å². The van der Waals surface area contributed by atoms with Gasteiger partial charge in [0.05, 0.1) is 10.2 Å². The van der Waals surface area contributed by atoms with E-state index in [2.05, 4.69) is 28.2 Å². The smallest absolute Gasteiger partial charge is 0.149 e. The Morgan fingerprint density at radius 3 is 2.15 bits per heavy atom. The Morgan fingerprint density at radius 2 is 1.50 bits per heavy atom. The van der Waals surface area contributed by atoms with Gasteiger partial charge in [-0.3, -0.25) is 0 Å². The normalized spacial score (nSPS) is 10.8. The summed E-state index contributed by atoms with van der Waals surface area (Å²) in [4.78, 5) is 0. The molecule has 1 rings (SSSR count). The summed E-state index contributed by atoms with van der Waals surface area (Å²) in [5.74, 6) is -1.11. The molecule has 0 aromatic heterocycles. The lowest BCUT2D eigenvalue weighted by molar-refractivity contribution is 0.575. The molecule has 114 valence electrons. The zero-order valence-corrected chi connectivity index (χ0v) is 13.7. The molecule has 0 unspecified atom stereocenters. The van der Waals surface area contributed by atoms with Crippen LogP contribution >= 0.6 is 15.9 Å². The summed E-state index contributed by atoms with van der Waals surface area (Å²) in [5, 5.41) is 3.02. The topological polar surface area (TPSA) is 12.0 Å². The molecule has 0 aliphatic carbocycles. The van der Waals surface area contributed by atoms with Crippen molar-refractivity contribution < 1.29 is 8.78 Å². The Kier molecular flexibility index (Phi) is 8.83. The maximum absolute atomic E-state index is 13.5. The van der Waals surface area contributed by atoms with Crippen LogP contribution in [0.1, 0.15) is 58.3 Å². The summed E-state index contributed by atoms with van der Waals surface area (Å²) in [7, 11) is 0. The first-order valence-corrected chi connectivity index (χ1v) is 8.33. The Bertz CT molecular complexity index is 396. The highest BCUT2D eigenvalue weighted by Gasteiger charge is 2.07. The highest BCUT2D eigenvalue weighted by Crippen LogP contribution is 2.23. The number of nitrogens with one attached hydrogen (secondary N) is 1. The Hall–Kier alpha value is -0.640. The van der Waals surface area contributed by atoms with Crippen LogP contribution in [0.5, 0.6) is 0 Å². The summed E-state index contributed by atoms with van der Waals surface area (Å²) >= 11 is 3.06. The fraction of sp³-hybridized carbons (Fsp3) is 0.625. The van der Waals surface area contributed by atoms with Crippen LogP contribution in [-0.4, -0.2) is 6.54 Å². The van der Waals surface area contributed by atoms with E-state index in [1.165, 1.54) is 44.6 Å². The number of hydrogen-bond acceptors (Lipinski definition) is 1. The van der Waals surface area contributed by atoms with Crippen molar-refractivity contribution >= 4 is 21.6 Å². The standard InChI is InChI=1S/C16H24BrF2N/c1-2-3-4-5-6-7-8-9-10-20-16-11-13(17)14(18)12-15(16)19/h11-12,20H,2-10H2,1H3. The van der Waals surface area contributed by atoms with Gasteiger partial charge in [-0.25, -0.2) is 8.78 Å². The highest BCUT2D eigenvalue weighted by molar-refractivity contribution is 9.10. The molecule has 0 radical (unpaired) electrons. The van der Waals surface area contributed by atoms with Gasteiger partial charge in [0.1, 0.15) is 11.6 Å². The molecule has 0 spiro atoms. The number of anilines is 1. The molecule has 0 atom stereocenters. The van der Waals surface area contributed by atoms with E-state index in [0.717, 1.165) is 25.5 Å². The van der Waals surface area contributed by atoms with E-state index in [4.69, 9.17) is 0 Å². The van der Waals surface area contributed by atoms with Crippen LogP contribution in [0, 0.1) is 11.6 Å². The second-order valence-corrected chi connectivity index (χ2v) is 6.00. The van der Waals surface area contributed by atoms with Crippen LogP contribution in [0.2, 0.25) is 0 Å². The van der Waals surface area contributed by atoms with Gasteiger partial charge in [-0.1, -0.05) is 51.9 Å². The monoisotopic (exact) mass is 347 g/mol. The molecule has 1 nitrogen and oxygen atoms in total.